The Balaban J connectivity index is -0.00000420. The average molecular weight is 456 g/mol. The van der Waals surface area contributed by atoms with Crippen molar-refractivity contribution in [1.82, 2.24) is 0 Å². The van der Waals surface area contributed by atoms with Gasteiger partial charge in [-0.25, -0.2) is 0 Å². The second-order valence-electron chi connectivity index (χ2n) is 7.74. The Morgan fingerprint density at radius 2 is 1.35 bits per heavy atom. The Morgan fingerprint density at radius 1 is 0.871 bits per heavy atom. The van der Waals surface area contributed by atoms with Crippen LogP contribution in [-0.2, 0) is 23.9 Å². The first kappa shape index (κ1) is 32.7. The van der Waals surface area contributed by atoms with E-state index >= 15 is 0 Å². The van der Waals surface area contributed by atoms with Gasteiger partial charge in [0.1, 0.15) is 18.8 Å². The van der Waals surface area contributed by atoms with Gasteiger partial charge in [0.2, 0.25) is 0 Å². The number of hydrogen-bond donors (Lipinski definition) is 3. The summed E-state index contributed by atoms with van der Waals surface area (Å²) in [5.41, 5.74) is 5.59. The largest absolute Gasteiger partial charge is 1.00 e. The van der Waals surface area contributed by atoms with Gasteiger partial charge in [0.25, 0.3) is 0 Å². The Morgan fingerprint density at radius 3 is 1.87 bits per heavy atom. The smallest absolute Gasteiger partial charge is 1.00 e. The van der Waals surface area contributed by atoms with Crippen molar-refractivity contribution in [3.63, 3.8) is 0 Å². The summed E-state index contributed by atoms with van der Waals surface area (Å²) < 4.78 is 9.43. The summed E-state index contributed by atoms with van der Waals surface area (Å²) in [5, 5.41) is 17.7. The molecule has 9 heteroatoms. The molecule has 0 aromatic heterocycles. The third kappa shape index (κ3) is 21.1. The fourth-order valence-corrected chi connectivity index (χ4v) is 2.89. The van der Waals surface area contributed by atoms with Crippen LogP contribution in [0.25, 0.3) is 0 Å². The van der Waals surface area contributed by atoms with E-state index in [9.17, 15) is 14.4 Å². The molecule has 0 aliphatic heterocycles. The second-order valence-corrected chi connectivity index (χ2v) is 7.74. The van der Waals surface area contributed by atoms with Crippen molar-refractivity contribution >= 4 is 17.9 Å². The van der Waals surface area contributed by atoms with Crippen LogP contribution in [0.1, 0.15) is 98.2 Å². The first-order valence-corrected chi connectivity index (χ1v) is 11.3. The number of aliphatic hydroxyl groups is 2. The maximum absolute atomic E-state index is 11.7. The molecule has 0 aromatic rings. The van der Waals surface area contributed by atoms with Crippen molar-refractivity contribution in [3.05, 3.63) is 0 Å². The molecule has 31 heavy (non-hydrogen) atoms. The van der Waals surface area contributed by atoms with Crippen LogP contribution in [0.15, 0.2) is 0 Å². The Labute approximate surface area is 210 Å². The van der Waals surface area contributed by atoms with Crippen LogP contribution in [0, 0.1) is 0 Å². The Kier molecular flexibility index (Phi) is 23.9. The molecule has 0 spiro atoms. The molecule has 0 amide bonds. The molecule has 8 nitrogen and oxygen atoms in total. The van der Waals surface area contributed by atoms with Gasteiger partial charge in [-0.05, 0) is 12.8 Å². The van der Waals surface area contributed by atoms with Gasteiger partial charge in [0, 0.05) is 12.8 Å². The summed E-state index contributed by atoms with van der Waals surface area (Å²) in [4.78, 5) is 34.9. The van der Waals surface area contributed by atoms with Crippen molar-refractivity contribution in [2.75, 3.05) is 13.2 Å². The minimum Gasteiger partial charge on any atom is -1.00 e. The third-order valence-electron chi connectivity index (χ3n) is 4.80. The van der Waals surface area contributed by atoms with E-state index in [1.54, 1.807) is 0 Å². The molecule has 0 saturated heterocycles. The van der Waals surface area contributed by atoms with Gasteiger partial charge in [-0.3, -0.25) is 14.4 Å². The van der Waals surface area contributed by atoms with Crippen molar-refractivity contribution < 1.29 is 65.1 Å². The number of carbonyl (C=O) groups is 3. The van der Waals surface area contributed by atoms with Crippen molar-refractivity contribution in [2.24, 2.45) is 5.73 Å². The summed E-state index contributed by atoms with van der Waals surface area (Å²) in [5.74, 6) is -2.07. The maximum Gasteiger partial charge on any atom is 1.00 e. The minimum atomic E-state index is -1.17. The molecule has 0 radical (unpaired) electrons. The van der Waals surface area contributed by atoms with Crippen molar-refractivity contribution in [2.45, 2.75) is 109 Å². The van der Waals surface area contributed by atoms with Crippen LogP contribution < -0.4 is 35.3 Å². The zero-order valence-corrected chi connectivity index (χ0v) is 21.5. The Bertz CT molecular complexity index is 483. The molecular weight excluding hydrogens is 413 g/mol. The molecule has 0 aliphatic carbocycles. The van der Waals surface area contributed by atoms with Crippen LogP contribution in [0.4, 0.5) is 0 Å². The molecule has 1 unspecified atom stereocenters. The van der Waals surface area contributed by atoms with Crippen LogP contribution in [-0.4, -0.2) is 53.5 Å². The number of nitrogens with two attached hydrogens (primary N) is 1. The van der Waals surface area contributed by atoms with Gasteiger partial charge in [0.15, 0.2) is 0 Å². The van der Waals surface area contributed by atoms with Crippen molar-refractivity contribution in [3.8, 4) is 0 Å². The quantitative estimate of drug-likeness (QED) is 0.106. The van der Waals surface area contributed by atoms with Gasteiger partial charge >= 0.3 is 47.5 Å². The molecule has 0 bridgehead atoms. The molecule has 0 rings (SSSR count). The summed E-state index contributed by atoms with van der Waals surface area (Å²) in [6, 6.07) is -1.06. The third-order valence-corrected chi connectivity index (χ3v) is 4.80. The number of esters is 3. The standard InChI is InChI=1S/C22H41NO7.Na.H/c1-2-3-4-5-6-7-8-9-10-11-12-13-20(26)30-21(27)15-14-19(23)22(28)29-17-18(25)16-24;;/h18-19,24-25H,2-17,23H2,1H3;;/q;+1;-1/t18?,19-;;/m0../s1. The molecule has 0 heterocycles. The van der Waals surface area contributed by atoms with E-state index in [0.29, 0.717) is 6.42 Å². The number of hydrogen-bond acceptors (Lipinski definition) is 8. The van der Waals surface area contributed by atoms with Crippen molar-refractivity contribution in [1.29, 1.82) is 0 Å². The molecular formula is C22H42NNaO7. The number of carbonyl (C=O) groups excluding carboxylic acids is 3. The predicted molar refractivity (Wildman–Crippen MR) is 115 cm³/mol. The van der Waals surface area contributed by atoms with Crippen LogP contribution in [0.5, 0.6) is 0 Å². The molecule has 0 aliphatic rings. The fraction of sp³-hybridized carbons (Fsp3) is 0.864. The van der Waals surface area contributed by atoms with E-state index in [1.165, 1.54) is 51.4 Å². The number of unbranched alkanes of at least 4 members (excludes halogenated alkanes) is 10. The van der Waals surface area contributed by atoms with E-state index < -0.39 is 36.7 Å². The van der Waals surface area contributed by atoms with E-state index in [4.69, 9.17) is 25.4 Å². The SMILES string of the molecule is CCCCCCCCCCCCCC(=O)OC(=O)CC[C@H](N)C(=O)OCC(O)CO.[H-].[Na+]. The molecule has 2 atom stereocenters. The minimum absolute atomic E-state index is 0. The molecule has 0 fully saturated rings. The first-order chi connectivity index (χ1) is 14.4. The first-order valence-electron chi connectivity index (χ1n) is 11.3. The summed E-state index contributed by atoms with van der Waals surface area (Å²) in [7, 11) is 0. The van der Waals surface area contributed by atoms with Gasteiger partial charge in [-0.2, -0.15) is 0 Å². The monoisotopic (exact) mass is 455 g/mol. The van der Waals surface area contributed by atoms with Gasteiger partial charge in [-0.1, -0.05) is 71.1 Å². The van der Waals surface area contributed by atoms with Gasteiger partial charge in [0.05, 0.1) is 6.61 Å². The molecule has 4 N–H and O–H groups in total. The van der Waals surface area contributed by atoms with E-state index in [1.807, 2.05) is 0 Å². The second kappa shape index (κ2) is 22.7. The number of rotatable bonds is 19. The van der Waals surface area contributed by atoms with Gasteiger partial charge in [-0.15, -0.1) is 0 Å². The number of aliphatic hydroxyl groups excluding tert-OH is 2. The van der Waals surface area contributed by atoms with Crippen LogP contribution in [0.2, 0.25) is 0 Å². The topological polar surface area (TPSA) is 136 Å². The molecule has 178 valence electrons. The van der Waals surface area contributed by atoms with Crippen LogP contribution in [0.3, 0.4) is 0 Å². The van der Waals surface area contributed by atoms with Crippen LogP contribution >= 0.6 is 0 Å². The zero-order valence-electron chi connectivity index (χ0n) is 20.5. The molecule has 0 saturated carbocycles. The summed E-state index contributed by atoms with van der Waals surface area (Å²) in [6.07, 6.45) is 11.8. The zero-order chi connectivity index (χ0) is 22.6. The van der Waals surface area contributed by atoms with E-state index in [0.717, 1.165) is 12.8 Å². The average Bonchev–Trinajstić information content (AvgIpc) is 2.73. The van der Waals surface area contributed by atoms with E-state index in [-0.39, 0.29) is 56.9 Å². The van der Waals surface area contributed by atoms with E-state index in [2.05, 4.69) is 6.92 Å². The molecule has 0 aromatic carbocycles. The number of ether oxygens (including phenoxy) is 2. The normalized spacial score (nSPS) is 12.5. The predicted octanol–water partition coefficient (Wildman–Crippen LogP) is -0.122. The summed E-state index contributed by atoms with van der Waals surface area (Å²) >= 11 is 0. The summed E-state index contributed by atoms with van der Waals surface area (Å²) in [6.45, 7) is 1.32. The fourth-order valence-electron chi connectivity index (χ4n) is 2.89. The van der Waals surface area contributed by atoms with Gasteiger partial charge < -0.3 is 26.8 Å². The maximum atomic E-state index is 11.7. The Hall–Kier alpha value is -0.510.